The molecule has 21 heavy (non-hydrogen) atoms. The maximum Gasteiger partial charge on any atom is 0.329 e. The summed E-state index contributed by atoms with van der Waals surface area (Å²) in [6, 6.07) is 0. The maximum atomic E-state index is 12.0. The van der Waals surface area contributed by atoms with Crippen LogP contribution in [0.2, 0.25) is 0 Å². The van der Waals surface area contributed by atoms with Gasteiger partial charge in [-0.3, -0.25) is 14.3 Å². The van der Waals surface area contributed by atoms with Crippen molar-refractivity contribution >= 4 is 28.9 Å². The molecule has 0 bridgehead atoms. The van der Waals surface area contributed by atoms with Crippen LogP contribution in [0.25, 0.3) is 11.2 Å². The van der Waals surface area contributed by atoms with E-state index in [0.29, 0.717) is 18.3 Å². The van der Waals surface area contributed by atoms with Gasteiger partial charge in [0.05, 0.1) is 12.6 Å². The van der Waals surface area contributed by atoms with Crippen molar-refractivity contribution in [2.45, 2.75) is 11.7 Å². The maximum absolute atomic E-state index is 12.0. The van der Waals surface area contributed by atoms with E-state index >= 15 is 0 Å². The van der Waals surface area contributed by atoms with E-state index in [-0.39, 0.29) is 16.9 Å². The Bertz CT molecular complexity index is 790. The second-order valence-corrected chi connectivity index (χ2v) is 5.13. The Morgan fingerprint density at radius 1 is 1.48 bits per heavy atom. The van der Waals surface area contributed by atoms with Gasteiger partial charge in [-0.1, -0.05) is 11.8 Å². The highest BCUT2D eigenvalue weighted by Crippen LogP contribution is 2.20. The minimum Gasteiger partial charge on any atom is -0.549 e. The molecule has 1 N–H and O–H groups in total. The van der Waals surface area contributed by atoms with Crippen LogP contribution in [0.15, 0.2) is 14.7 Å². The van der Waals surface area contributed by atoms with Crippen LogP contribution in [0, 0.1) is 0 Å². The first kappa shape index (κ1) is 15.3. The molecule has 2 aromatic rings. The van der Waals surface area contributed by atoms with Crippen molar-refractivity contribution in [2.75, 3.05) is 19.5 Å². The molecular weight excluding hydrogens is 300 g/mol. The highest BCUT2D eigenvalue weighted by molar-refractivity contribution is 7.99. The molecule has 0 aliphatic heterocycles. The van der Waals surface area contributed by atoms with Crippen molar-refractivity contribution in [1.29, 1.82) is 0 Å². The van der Waals surface area contributed by atoms with Gasteiger partial charge in [-0.25, -0.2) is 9.78 Å². The third kappa shape index (κ3) is 3.00. The Kier molecular flexibility index (Phi) is 4.48. The van der Waals surface area contributed by atoms with Gasteiger partial charge in [0.25, 0.3) is 5.56 Å². The Morgan fingerprint density at radius 3 is 2.81 bits per heavy atom. The van der Waals surface area contributed by atoms with Gasteiger partial charge in [0.2, 0.25) is 0 Å². The second kappa shape index (κ2) is 6.14. The number of aryl methyl sites for hydroxylation is 1. The third-order valence-electron chi connectivity index (χ3n) is 2.81. The van der Waals surface area contributed by atoms with Gasteiger partial charge in [-0.15, -0.1) is 0 Å². The van der Waals surface area contributed by atoms with E-state index in [4.69, 9.17) is 4.74 Å². The number of carbonyl (C=O) groups excluding carboxylic acids is 1. The molecule has 0 atom stereocenters. The summed E-state index contributed by atoms with van der Waals surface area (Å²) in [5.74, 6) is -1.55. The Morgan fingerprint density at radius 2 is 2.19 bits per heavy atom. The number of ether oxygens (including phenoxy) is 1. The summed E-state index contributed by atoms with van der Waals surface area (Å²) in [5, 5.41) is 10.9. The topological polar surface area (TPSA) is 122 Å². The highest BCUT2D eigenvalue weighted by atomic mass is 32.2. The minimum atomic E-state index is -1.24. The fourth-order valence-electron chi connectivity index (χ4n) is 1.84. The largest absolute Gasteiger partial charge is 0.549 e. The van der Waals surface area contributed by atoms with Crippen LogP contribution < -0.4 is 16.4 Å². The van der Waals surface area contributed by atoms with Crippen molar-refractivity contribution < 1.29 is 14.6 Å². The highest BCUT2D eigenvalue weighted by Gasteiger charge is 2.17. The first-order chi connectivity index (χ1) is 9.95. The Labute approximate surface area is 122 Å². The number of methoxy groups -OCH3 is 1. The molecule has 0 aromatic carbocycles. The number of fused-ring (bicyclic) bond motifs is 1. The summed E-state index contributed by atoms with van der Waals surface area (Å²) in [5.41, 5.74) is -0.756. The number of hydrogen-bond acceptors (Lipinski definition) is 7. The number of carbonyl (C=O) groups is 1. The van der Waals surface area contributed by atoms with E-state index in [1.54, 1.807) is 0 Å². The average molecular weight is 313 g/mol. The van der Waals surface area contributed by atoms with Gasteiger partial charge < -0.3 is 19.2 Å². The lowest BCUT2D eigenvalue weighted by Crippen LogP contribution is -2.29. The molecule has 0 unspecified atom stereocenters. The number of aliphatic carboxylic acids is 1. The van der Waals surface area contributed by atoms with E-state index in [1.807, 2.05) is 0 Å². The van der Waals surface area contributed by atoms with Gasteiger partial charge in [0.1, 0.15) is 0 Å². The quantitative estimate of drug-likeness (QED) is 0.607. The Balaban J connectivity index is 2.63. The number of carboxylic acid groups (broad SMARTS) is 1. The molecule has 9 nitrogen and oxygen atoms in total. The number of rotatable bonds is 6. The molecule has 10 heteroatoms. The molecular formula is C11H13N4O5S-. The summed E-state index contributed by atoms with van der Waals surface area (Å²) in [6.45, 7) is 0.621. The van der Waals surface area contributed by atoms with Crippen LogP contribution in [-0.2, 0) is 23.1 Å². The predicted octanol–water partition coefficient (Wildman–Crippen LogP) is -2.09. The van der Waals surface area contributed by atoms with E-state index in [0.717, 1.165) is 11.8 Å². The zero-order chi connectivity index (χ0) is 15.6. The summed E-state index contributed by atoms with van der Waals surface area (Å²) in [4.78, 5) is 40.5. The fourth-order valence-corrected chi connectivity index (χ4v) is 2.57. The third-order valence-corrected chi connectivity index (χ3v) is 3.76. The number of imidazole rings is 1. The van der Waals surface area contributed by atoms with Gasteiger partial charge >= 0.3 is 5.69 Å². The standard InChI is InChI=1S/C11H14N4O5S/c1-14-8-7(9(18)13-10(14)19)15(3-4-20-2)11(12-8)21-5-6(16)17/h3-5H2,1-2H3,(H,16,17)(H,13,18,19)/p-1. The SMILES string of the molecule is COCCn1c(SCC(=O)[O-])nc2c1c(=O)[nH]c(=O)n2C. The van der Waals surface area contributed by atoms with Crippen LogP contribution >= 0.6 is 11.8 Å². The molecule has 0 saturated heterocycles. The molecule has 114 valence electrons. The summed E-state index contributed by atoms with van der Waals surface area (Å²) in [6.07, 6.45) is 0. The molecule has 2 aromatic heterocycles. The summed E-state index contributed by atoms with van der Waals surface area (Å²) < 4.78 is 7.70. The van der Waals surface area contributed by atoms with E-state index in [1.165, 1.54) is 23.3 Å². The number of nitrogens with zero attached hydrogens (tertiary/aromatic N) is 3. The molecule has 0 amide bonds. The van der Waals surface area contributed by atoms with Crippen molar-refractivity contribution in [2.24, 2.45) is 7.05 Å². The van der Waals surface area contributed by atoms with Crippen LogP contribution in [0.3, 0.4) is 0 Å². The van der Waals surface area contributed by atoms with Crippen molar-refractivity contribution in [3.05, 3.63) is 20.8 Å². The van der Waals surface area contributed by atoms with E-state index < -0.39 is 17.2 Å². The first-order valence-corrected chi connectivity index (χ1v) is 6.95. The van der Waals surface area contributed by atoms with Crippen LogP contribution in [0.4, 0.5) is 0 Å². The molecule has 0 spiro atoms. The molecule has 2 heterocycles. The average Bonchev–Trinajstić information content (AvgIpc) is 2.79. The van der Waals surface area contributed by atoms with Crippen LogP contribution in [0.5, 0.6) is 0 Å². The second-order valence-electron chi connectivity index (χ2n) is 4.19. The Hall–Kier alpha value is -2.07. The molecule has 0 radical (unpaired) electrons. The first-order valence-electron chi connectivity index (χ1n) is 5.96. The number of carboxylic acids is 1. The summed E-state index contributed by atoms with van der Waals surface area (Å²) in [7, 11) is 2.98. The number of aromatic nitrogens is 4. The lowest BCUT2D eigenvalue weighted by molar-refractivity contribution is -0.301. The number of aromatic amines is 1. The number of H-pyrrole nitrogens is 1. The van der Waals surface area contributed by atoms with Crippen LogP contribution in [0.1, 0.15) is 0 Å². The number of thioether (sulfide) groups is 1. The number of nitrogens with one attached hydrogen (secondary N) is 1. The normalized spacial score (nSPS) is 11.1. The fraction of sp³-hybridized carbons (Fsp3) is 0.455. The minimum absolute atomic E-state index is 0.195. The van der Waals surface area contributed by atoms with Gasteiger partial charge in [-0.2, -0.15) is 0 Å². The van der Waals surface area contributed by atoms with Gasteiger partial charge in [0.15, 0.2) is 16.3 Å². The van der Waals surface area contributed by atoms with Gasteiger partial charge in [0, 0.05) is 26.5 Å². The van der Waals surface area contributed by atoms with Gasteiger partial charge in [-0.05, 0) is 0 Å². The zero-order valence-corrected chi connectivity index (χ0v) is 12.2. The molecule has 0 saturated carbocycles. The monoisotopic (exact) mass is 313 g/mol. The van der Waals surface area contributed by atoms with Crippen molar-refractivity contribution in [3.8, 4) is 0 Å². The summed E-state index contributed by atoms with van der Waals surface area (Å²) >= 11 is 0.921. The molecule has 0 aliphatic carbocycles. The molecule has 2 rings (SSSR count). The van der Waals surface area contributed by atoms with Crippen LogP contribution in [-0.4, -0.2) is 44.5 Å². The number of hydrogen-bond donors (Lipinski definition) is 1. The lowest BCUT2D eigenvalue weighted by atomic mass is 10.5. The predicted molar refractivity (Wildman–Crippen MR) is 73.2 cm³/mol. The smallest absolute Gasteiger partial charge is 0.329 e. The molecule has 0 fully saturated rings. The van der Waals surface area contributed by atoms with E-state index in [2.05, 4.69) is 9.97 Å². The van der Waals surface area contributed by atoms with Crippen molar-refractivity contribution in [1.82, 2.24) is 19.1 Å². The van der Waals surface area contributed by atoms with E-state index in [9.17, 15) is 19.5 Å². The zero-order valence-electron chi connectivity index (χ0n) is 11.4. The lowest BCUT2D eigenvalue weighted by Gasteiger charge is -2.07. The molecule has 0 aliphatic rings. The van der Waals surface area contributed by atoms with Crippen molar-refractivity contribution in [3.63, 3.8) is 0 Å².